The molecule has 1 nitrogen and oxygen atoms in total. The van der Waals surface area contributed by atoms with E-state index in [4.69, 9.17) is 0 Å². The Labute approximate surface area is 114 Å². The molecule has 0 saturated carbocycles. The molecule has 2 rings (SSSR count). The quantitative estimate of drug-likeness (QED) is 0.665. The molecule has 0 aromatic heterocycles. The standard InChI is InChI=1S/C15H13F4N/c1-20-15(6-9-4-2-3-5-11(9)16)10-7-13(18)14(19)8-12(10)17/h2-5,7-8,15,20H,6H2,1H3. The maximum absolute atomic E-state index is 13.7. The minimum absolute atomic E-state index is 0.0327. The van der Waals surface area contributed by atoms with Crippen molar-refractivity contribution in [2.24, 2.45) is 0 Å². The van der Waals surface area contributed by atoms with Gasteiger partial charge in [0.25, 0.3) is 0 Å². The molecule has 0 radical (unpaired) electrons. The fourth-order valence-corrected chi connectivity index (χ4v) is 2.06. The van der Waals surface area contributed by atoms with Crippen LogP contribution in [-0.4, -0.2) is 7.05 Å². The smallest absolute Gasteiger partial charge is 0.161 e. The van der Waals surface area contributed by atoms with Gasteiger partial charge in [0.05, 0.1) is 0 Å². The zero-order chi connectivity index (χ0) is 14.7. The first-order chi connectivity index (χ1) is 9.52. The van der Waals surface area contributed by atoms with E-state index < -0.39 is 29.3 Å². The van der Waals surface area contributed by atoms with Crippen LogP contribution in [0.5, 0.6) is 0 Å². The minimum Gasteiger partial charge on any atom is -0.313 e. The van der Waals surface area contributed by atoms with Gasteiger partial charge in [0, 0.05) is 17.7 Å². The van der Waals surface area contributed by atoms with Crippen molar-refractivity contribution < 1.29 is 17.6 Å². The maximum Gasteiger partial charge on any atom is 0.161 e. The van der Waals surface area contributed by atoms with Gasteiger partial charge in [0.1, 0.15) is 11.6 Å². The van der Waals surface area contributed by atoms with Crippen LogP contribution in [0, 0.1) is 23.3 Å². The Morgan fingerprint density at radius 2 is 1.55 bits per heavy atom. The van der Waals surface area contributed by atoms with Gasteiger partial charge in [-0.1, -0.05) is 18.2 Å². The molecule has 1 N–H and O–H groups in total. The first kappa shape index (κ1) is 14.5. The van der Waals surface area contributed by atoms with Crippen molar-refractivity contribution >= 4 is 0 Å². The molecule has 106 valence electrons. The van der Waals surface area contributed by atoms with Crippen LogP contribution < -0.4 is 5.32 Å². The molecule has 1 atom stereocenters. The highest BCUT2D eigenvalue weighted by atomic mass is 19.2. The van der Waals surface area contributed by atoms with Gasteiger partial charge in [0.15, 0.2) is 11.6 Å². The largest absolute Gasteiger partial charge is 0.313 e. The van der Waals surface area contributed by atoms with Gasteiger partial charge in [-0.2, -0.15) is 0 Å². The van der Waals surface area contributed by atoms with Crippen LogP contribution in [0.2, 0.25) is 0 Å². The Morgan fingerprint density at radius 3 is 2.20 bits per heavy atom. The number of hydrogen-bond acceptors (Lipinski definition) is 1. The Bertz CT molecular complexity index is 613. The molecule has 2 aromatic carbocycles. The van der Waals surface area contributed by atoms with Gasteiger partial charge in [-0.05, 0) is 31.2 Å². The summed E-state index contributed by atoms with van der Waals surface area (Å²) in [6.07, 6.45) is 0.130. The van der Waals surface area contributed by atoms with Gasteiger partial charge in [-0.3, -0.25) is 0 Å². The van der Waals surface area contributed by atoms with Crippen LogP contribution >= 0.6 is 0 Å². The Morgan fingerprint density at radius 1 is 0.900 bits per heavy atom. The van der Waals surface area contributed by atoms with Gasteiger partial charge in [-0.25, -0.2) is 17.6 Å². The molecule has 0 saturated heterocycles. The van der Waals surface area contributed by atoms with Crippen LogP contribution in [0.3, 0.4) is 0 Å². The second-order valence-corrected chi connectivity index (χ2v) is 4.42. The molecule has 0 amide bonds. The summed E-state index contributed by atoms with van der Waals surface area (Å²) < 4.78 is 53.5. The van der Waals surface area contributed by atoms with Crippen molar-refractivity contribution in [2.75, 3.05) is 7.05 Å². The molecule has 2 aromatic rings. The van der Waals surface area contributed by atoms with Crippen LogP contribution in [0.15, 0.2) is 36.4 Å². The second kappa shape index (κ2) is 6.05. The molecule has 0 bridgehead atoms. The predicted octanol–water partition coefficient (Wildman–Crippen LogP) is 3.75. The van der Waals surface area contributed by atoms with E-state index in [1.54, 1.807) is 25.2 Å². The number of rotatable bonds is 4. The molecule has 0 fully saturated rings. The highest BCUT2D eigenvalue weighted by Gasteiger charge is 2.19. The monoisotopic (exact) mass is 283 g/mol. The van der Waals surface area contributed by atoms with E-state index in [1.807, 2.05) is 0 Å². The third-order valence-electron chi connectivity index (χ3n) is 3.15. The normalized spacial score (nSPS) is 12.4. The van der Waals surface area contributed by atoms with Gasteiger partial charge in [-0.15, -0.1) is 0 Å². The summed E-state index contributed by atoms with van der Waals surface area (Å²) in [6.45, 7) is 0. The third-order valence-corrected chi connectivity index (χ3v) is 3.15. The first-order valence-corrected chi connectivity index (χ1v) is 6.08. The molecular formula is C15H13F4N. The Hall–Kier alpha value is -1.88. The van der Waals surface area contributed by atoms with E-state index in [0.29, 0.717) is 11.6 Å². The zero-order valence-electron chi connectivity index (χ0n) is 10.8. The average Bonchev–Trinajstić information content (AvgIpc) is 2.42. The van der Waals surface area contributed by atoms with Gasteiger partial charge >= 0.3 is 0 Å². The van der Waals surface area contributed by atoms with E-state index in [0.717, 1.165) is 6.07 Å². The molecule has 5 heteroatoms. The van der Waals surface area contributed by atoms with E-state index in [1.165, 1.54) is 6.07 Å². The van der Waals surface area contributed by atoms with Crippen LogP contribution in [0.4, 0.5) is 17.6 Å². The van der Waals surface area contributed by atoms with Crippen LogP contribution in [0.1, 0.15) is 17.2 Å². The Kier molecular flexibility index (Phi) is 4.39. The maximum atomic E-state index is 13.7. The van der Waals surface area contributed by atoms with Crippen molar-refractivity contribution in [3.8, 4) is 0 Å². The zero-order valence-corrected chi connectivity index (χ0v) is 10.8. The van der Waals surface area contributed by atoms with Crippen molar-refractivity contribution in [3.05, 3.63) is 70.8 Å². The lowest BCUT2D eigenvalue weighted by atomic mass is 9.98. The summed E-state index contributed by atoms with van der Waals surface area (Å²) in [5.74, 6) is -3.66. The Balaban J connectivity index is 2.34. The fourth-order valence-electron chi connectivity index (χ4n) is 2.06. The van der Waals surface area contributed by atoms with Crippen molar-refractivity contribution in [1.29, 1.82) is 0 Å². The van der Waals surface area contributed by atoms with Crippen molar-refractivity contribution in [1.82, 2.24) is 5.32 Å². The van der Waals surface area contributed by atoms with Crippen LogP contribution in [0.25, 0.3) is 0 Å². The molecule has 1 unspecified atom stereocenters. The average molecular weight is 283 g/mol. The predicted molar refractivity (Wildman–Crippen MR) is 68.2 cm³/mol. The molecule has 0 aliphatic carbocycles. The molecule has 0 heterocycles. The number of benzene rings is 2. The topological polar surface area (TPSA) is 12.0 Å². The van der Waals surface area contributed by atoms with E-state index in [-0.39, 0.29) is 12.0 Å². The first-order valence-electron chi connectivity index (χ1n) is 6.08. The molecular weight excluding hydrogens is 270 g/mol. The summed E-state index contributed by atoms with van der Waals surface area (Å²) in [5, 5.41) is 2.79. The number of hydrogen-bond donors (Lipinski definition) is 1. The fraction of sp³-hybridized carbons (Fsp3) is 0.200. The lowest BCUT2D eigenvalue weighted by Gasteiger charge is -2.18. The number of halogens is 4. The lowest BCUT2D eigenvalue weighted by Crippen LogP contribution is -2.21. The SMILES string of the molecule is CNC(Cc1ccccc1F)c1cc(F)c(F)cc1F. The summed E-state index contributed by atoms with van der Waals surface area (Å²) in [7, 11) is 1.55. The van der Waals surface area contributed by atoms with Gasteiger partial charge in [0.2, 0.25) is 0 Å². The van der Waals surface area contributed by atoms with Crippen molar-refractivity contribution in [3.63, 3.8) is 0 Å². The highest BCUT2D eigenvalue weighted by Crippen LogP contribution is 2.24. The third kappa shape index (κ3) is 2.99. The lowest BCUT2D eigenvalue weighted by molar-refractivity contribution is 0.472. The summed E-state index contributed by atoms with van der Waals surface area (Å²) >= 11 is 0. The summed E-state index contributed by atoms with van der Waals surface area (Å²) in [6, 6.07) is 6.71. The van der Waals surface area contributed by atoms with Gasteiger partial charge < -0.3 is 5.32 Å². The molecule has 0 aliphatic rings. The number of likely N-dealkylation sites (N-methyl/N-ethyl adjacent to an activating group) is 1. The van der Waals surface area contributed by atoms with E-state index in [2.05, 4.69) is 5.32 Å². The minimum atomic E-state index is -1.24. The summed E-state index contributed by atoms with van der Waals surface area (Å²) in [4.78, 5) is 0. The van der Waals surface area contributed by atoms with Crippen molar-refractivity contribution in [2.45, 2.75) is 12.5 Å². The van der Waals surface area contributed by atoms with E-state index >= 15 is 0 Å². The second-order valence-electron chi connectivity index (χ2n) is 4.42. The van der Waals surface area contributed by atoms with Crippen LogP contribution in [-0.2, 0) is 6.42 Å². The summed E-state index contributed by atoms with van der Waals surface area (Å²) in [5.41, 5.74) is 0.339. The number of nitrogens with one attached hydrogen (secondary N) is 1. The molecule has 0 aliphatic heterocycles. The molecule has 0 spiro atoms. The molecule has 20 heavy (non-hydrogen) atoms. The highest BCUT2D eigenvalue weighted by molar-refractivity contribution is 5.27. The van der Waals surface area contributed by atoms with E-state index in [9.17, 15) is 17.6 Å².